The number of methoxy groups -OCH3 is 1. The van der Waals surface area contributed by atoms with Gasteiger partial charge in [0.1, 0.15) is 11.6 Å². The van der Waals surface area contributed by atoms with Gasteiger partial charge in [-0.15, -0.1) is 0 Å². The van der Waals surface area contributed by atoms with Crippen molar-refractivity contribution in [3.8, 4) is 5.75 Å². The lowest BCUT2D eigenvalue weighted by Gasteiger charge is -2.12. The van der Waals surface area contributed by atoms with Crippen molar-refractivity contribution in [2.45, 2.75) is 20.4 Å². The predicted octanol–water partition coefficient (Wildman–Crippen LogP) is 4.31. The zero-order chi connectivity index (χ0) is 19.2. The smallest absolute Gasteiger partial charge is 0.320 e. The molecule has 140 valence electrons. The number of hydrogen-bond donors (Lipinski definition) is 3. The van der Waals surface area contributed by atoms with Crippen molar-refractivity contribution in [2.75, 3.05) is 24.3 Å². The highest BCUT2D eigenvalue weighted by atomic mass is 16.5. The Bertz CT molecular complexity index is 956. The number of fused-ring (bicyclic) bond motifs is 1. The van der Waals surface area contributed by atoms with E-state index in [0.29, 0.717) is 18.9 Å². The van der Waals surface area contributed by atoms with Gasteiger partial charge in [0, 0.05) is 30.4 Å². The van der Waals surface area contributed by atoms with Crippen LogP contribution in [0.15, 0.2) is 48.7 Å². The Morgan fingerprint density at radius 2 is 2.04 bits per heavy atom. The van der Waals surface area contributed by atoms with Crippen molar-refractivity contribution in [3.63, 3.8) is 0 Å². The molecule has 0 aliphatic carbocycles. The molecule has 3 aromatic rings. The van der Waals surface area contributed by atoms with Crippen LogP contribution < -0.4 is 20.7 Å². The van der Waals surface area contributed by atoms with Gasteiger partial charge in [0.05, 0.1) is 7.11 Å². The Morgan fingerprint density at radius 1 is 1.19 bits per heavy atom. The number of nitrogens with one attached hydrogen (secondary N) is 3. The molecule has 3 N–H and O–H groups in total. The largest absolute Gasteiger partial charge is 0.497 e. The number of benzene rings is 2. The van der Waals surface area contributed by atoms with Crippen LogP contribution in [0.2, 0.25) is 0 Å². The quantitative estimate of drug-likeness (QED) is 0.609. The number of nitrogens with zero attached hydrogens (tertiary/aromatic N) is 1. The van der Waals surface area contributed by atoms with E-state index in [2.05, 4.69) is 46.1 Å². The number of carbonyl (C=O) groups is 1. The van der Waals surface area contributed by atoms with Crippen molar-refractivity contribution in [2.24, 2.45) is 0 Å². The van der Waals surface area contributed by atoms with Crippen LogP contribution in [0.3, 0.4) is 0 Å². The molecule has 6 nitrogen and oxygen atoms in total. The van der Waals surface area contributed by atoms with E-state index in [9.17, 15) is 4.79 Å². The molecule has 1 aromatic heterocycles. The van der Waals surface area contributed by atoms with Crippen LogP contribution in [0, 0.1) is 6.92 Å². The van der Waals surface area contributed by atoms with Crippen molar-refractivity contribution in [1.82, 2.24) is 10.3 Å². The number of urea groups is 1. The second-order valence-electron chi connectivity index (χ2n) is 6.27. The number of hydrogen-bond acceptors (Lipinski definition) is 4. The van der Waals surface area contributed by atoms with Crippen LogP contribution in [0.1, 0.15) is 18.1 Å². The van der Waals surface area contributed by atoms with Gasteiger partial charge in [-0.3, -0.25) is 5.32 Å². The van der Waals surface area contributed by atoms with Crippen LogP contribution in [-0.2, 0) is 6.54 Å². The Labute approximate surface area is 159 Å². The number of ether oxygens (including phenoxy) is 1. The molecule has 0 aliphatic rings. The molecule has 6 heteroatoms. The minimum Gasteiger partial charge on any atom is -0.497 e. The summed E-state index contributed by atoms with van der Waals surface area (Å²) < 4.78 is 5.27. The van der Waals surface area contributed by atoms with Gasteiger partial charge in [-0.25, -0.2) is 9.78 Å². The van der Waals surface area contributed by atoms with Crippen molar-refractivity contribution < 1.29 is 9.53 Å². The second kappa shape index (κ2) is 8.40. The summed E-state index contributed by atoms with van der Waals surface area (Å²) in [6.07, 6.45) is 1.79. The molecule has 2 aromatic carbocycles. The average Bonchev–Trinajstić information content (AvgIpc) is 2.66. The Balaban J connectivity index is 1.80. The summed E-state index contributed by atoms with van der Waals surface area (Å²) in [7, 11) is 1.67. The molecule has 0 saturated carbocycles. The first-order valence-electron chi connectivity index (χ1n) is 8.91. The summed E-state index contributed by atoms with van der Waals surface area (Å²) in [4.78, 5) is 16.0. The van der Waals surface area contributed by atoms with Crippen LogP contribution >= 0.6 is 0 Å². The lowest BCUT2D eigenvalue weighted by atomic mass is 10.1. The predicted molar refractivity (Wildman–Crippen MR) is 109 cm³/mol. The maximum absolute atomic E-state index is 11.7. The molecule has 0 atom stereocenters. The monoisotopic (exact) mass is 364 g/mol. The molecule has 0 saturated heterocycles. The van der Waals surface area contributed by atoms with Crippen LogP contribution in [0.4, 0.5) is 16.3 Å². The lowest BCUT2D eigenvalue weighted by Crippen LogP contribution is -2.28. The molecule has 0 unspecified atom stereocenters. The lowest BCUT2D eigenvalue weighted by molar-refractivity contribution is 0.252. The Morgan fingerprint density at radius 3 is 2.81 bits per heavy atom. The number of rotatable bonds is 6. The van der Waals surface area contributed by atoms with E-state index in [1.54, 1.807) is 13.3 Å². The molecular weight excluding hydrogens is 340 g/mol. The number of anilines is 2. The third-order valence-electron chi connectivity index (χ3n) is 4.25. The van der Waals surface area contributed by atoms with E-state index in [0.717, 1.165) is 33.3 Å². The molecule has 3 rings (SSSR count). The number of aryl methyl sites for hydroxylation is 1. The van der Waals surface area contributed by atoms with E-state index < -0.39 is 0 Å². The molecule has 0 aliphatic heterocycles. The highest BCUT2D eigenvalue weighted by Crippen LogP contribution is 2.25. The zero-order valence-corrected chi connectivity index (χ0v) is 15.8. The fraction of sp³-hybridized carbons (Fsp3) is 0.238. The number of pyridine rings is 1. The fourth-order valence-electron chi connectivity index (χ4n) is 2.92. The number of aromatic nitrogens is 1. The summed E-state index contributed by atoms with van der Waals surface area (Å²) in [5.41, 5.74) is 3.27. The SMILES string of the molecule is CCNC(=O)Nc1cc2cc(NCc3cccc(OC)c3)cc(C)c2cn1. The van der Waals surface area contributed by atoms with Gasteiger partial charge < -0.3 is 15.4 Å². The van der Waals surface area contributed by atoms with E-state index in [1.807, 2.05) is 31.2 Å². The zero-order valence-electron chi connectivity index (χ0n) is 15.8. The summed E-state index contributed by atoms with van der Waals surface area (Å²) in [5.74, 6) is 1.37. The third-order valence-corrected chi connectivity index (χ3v) is 4.25. The van der Waals surface area contributed by atoms with E-state index in [4.69, 9.17) is 4.74 Å². The second-order valence-corrected chi connectivity index (χ2v) is 6.27. The summed E-state index contributed by atoms with van der Waals surface area (Å²) in [6, 6.07) is 13.8. The average molecular weight is 364 g/mol. The van der Waals surface area contributed by atoms with Crippen LogP contribution in [-0.4, -0.2) is 24.7 Å². The van der Waals surface area contributed by atoms with Gasteiger partial charge in [0.2, 0.25) is 0 Å². The van der Waals surface area contributed by atoms with Gasteiger partial charge >= 0.3 is 6.03 Å². The third kappa shape index (κ3) is 4.67. The maximum atomic E-state index is 11.7. The Hall–Kier alpha value is -3.28. The number of carbonyl (C=O) groups excluding carboxylic acids is 1. The molecule has 1 heterocycles. The topological polar surface area (TPSA) is 75.3 Å². The van der Waals surface area contributed by atoms with Gasteiger partial charge in [-0.05, 0) is 60.7 Å². The Kier molecular flexibility index (Phi) is 5.76. The molecule has 0 bridgehead atoms. The van der Waals surface area contributed by atoms with Crippen molar-refractivity contribution in [1.29, 1.82) is 0 Å². The van der Waals surface area contributed by atoms with Gasteiger partial charge in [-0.1, -0.05) is 12.1 Å². The first kappa shape index (κ1) is 18.5. The fourth-order valence-corrected chi connectivity index (χ4v) is 2.92. The minimum absolute atomic E-state index is 0.256. The molecule has 0 radical (unpaired) electrons. The van der Waals surface area contributed by atoms with Crippen LogP contribution in [0.25, 0.3) is 10.8 Å². The van der Waals surface area contributed by atoms with Gasteiger partial charge in [0.25, 0.3) is 0 Å². The van der Waals surface area contributed by atoms with Gasteiger partial charge in [-0.2, -0.15) is 0 Å². The standard InChI is InChI=1S/C21H24N4O2/c1-4-22-21(26)25-20-11-16-10-17(8-14(2)19(16)13-24-20)23-12-15-6-5-7-18(9-15)27-3/h5-11,13,23H,4,12H2,1-3H3,(H2,22,24,25,26). The molecule has 0 fully saturated rings. The molecule has 0 spiro atoms. The summed E-state index contributed by atoms with van der Waals surface area (Å²) in [6.45, 7) is 5.18. The minimum atomic E-state index is -0.256. The highest BCUT2D eigenvalue weighted by molar-refractivity contribution is 5.94. The van der Waals surface area contributed by atoms with Crippen molar-refractivity contribution in [3.05, 3.63) is 59.8 Å². The first-order chi connectivity index (χ1) is 13.1. The van der Waals surface area contributed by atoms with Crippen LogP contribution in [0.5, 0.6) is 5.75 Å². The van der Waals surface area contributed by atoms with Crippen molar-refractivity contribution >= 4 is 28.3 Å². The number of amides is 2. The molecule has 2 amide bonds. The van der Waals surface area contributed by atoms with E-state index in [1.165, 1.54) is 0 Å². The van der Waals surface area contributed by atoms with E-state index >= 15 is 0 Å². The van der Waals surface area contributed by atoms with Gasteiger partial charge in [0.15, 0.2) is 0 Å². The maximum Gasteiger partial charge on any atom is 0.320 e. The first-order valence-corrected chi connectivity index (χ1v) is 8.91. The summed E-state index contributed by atoms with van der Waals surface area (Å²) >= 11 is 0. The molecular formula is C21H24N4O2. The summed E-state index contributed by atoms with van der Waals surface area (Å²) in [5, 5.41) is 11.0. The van der Waals surface area contributed by atoms with E-state index in [-0.39, 0.29) is 6.03 Å². The molecule has 27 heavy (non-hydrogen) atoms. The normalized spacial score (nSPS) is 10.5. The highest BCUT2D eigenvalue weighted by Gasteiger charge is 2.06.